The average molecular weight is 329 g/mol. The van der Waals surface area contributed by atoms with Crippen molar-refractivity contribution in [2.24, 2.45) is 0 Å². The zero-order valence-corrected chi connectivity index (χ0v) is 12.2. The van der Waals surface area contributed by atoms with Crippen LogP contribution < -0.4 is 15.4 Å². The Hall–Kier alpha value is -1.11. The summed E-state index contributed by atoms with van der Waals surface area (Å²) in [6.07, 6.45) is 0.0453. The Balaban J connectivity index is 1.88. The molecule has 1 amide bonds. The van der Waals surface area contributed by atoms with E-state index in [2.05, 4.69) is 26.6 Å². The van der Waals surface area contributed by atoms with Gasteiger partial charge in [-0.25, -0.2) is 0 Å². The number of ether oxygens (including phenoxy) is 1. The summed E-state index contributed by atoms with van der Waals surface area (Å²) >= 11 is 3.41. The van der Waals surface area contributed by atoms with Gasteiger partial charge < -0.3 is 20.5 Å². The highest BCUT2D eigenvalue weighted by Gasteiger charge is 2.27. The Bertz CT molecular complexity index is 467. The molecule has 1 heterocycles. The van der Waals surface area contributed by atoms with E-state index in [9.17, 15) is 9.90 Å². The van der Waals surface area contributed by atoms with Crippen molar-refractivity contribution in [3.05, 3.63) is 28.2 Å². The van der Waals surface area contributed by atoms with Gasteiger partial charge in [0.25, 0.3) is 0 Å². The lowest BCUT2D eigenvalue weighted by molar-refractivity contribution is -0.123. The number of hydrogen-bond acceptors (Lipinski definition) is 4. The minimum atomic E-state index is -0.425. The van der Waals surface area contributed by atoms with Crippen molar-refractivity contribution in [1.82, 2.24) is 10.6 Å². The molecular weight excluding hydrogens is 312 g/mol. The molecule has 2 unspecified atom stereocenters. The third kappa shape index (κ3) is 3.68. The summed E-state index contributed by atoms with van der Waals surface area (Å²) in [7, 11) is 1.61. The molecule has 0 aliphatic carbocycles. The number of β-amino-alcohol motifs (C(OH)–C–C–N with tert-alkyl or cyclic N) is 1. The van der Waals surface area contributed by atoms with Crippen molar-refractivity contribution in [3.63, 3.8) is 0 Å². The van der Waals surface area contributed by atoms with Crippen molar-refractivity contribution in [2.45, 2.75) is 25.1 Å². The number of carbonyl (C=O) groups is 1. The number of halogens is 1. The van der Waals surface area contributed by atoms with Crippen molar-refractivity contribution in [2.75, 3.05) is 13.7 Å². The van der Waals surface area contributed by atoms with E-state index in [1.807, 2.05) is 18.2 Å². The highest BCUT2D eigenvalue weighted by Crippen LogP contribution is 2.25. The van der Waals surface area contributed by atoms with E-state index in [4.69, 9.17) is 4.74 Å². The number of aliphatic hydroxyl groups excluding tert-OH is 1. The minimum absolute atomic E-state index is 0.0801. The lowest BCUT2D eigenvalue weighted by Crippen LogP contribution is -2.39. The van der Waals surface area contributed by atoms with Gasteiger partial charge in [-0.1, -0.05) is 6.07 Å². The van der Waals surface area contributed by atoms with Crippen molar-refractivity contribution in [3.8, 4) is 5.75 Å². The standard InChI is InChI=1S/C13H17BrN2O3/c1-19-12-3-2-8(4-10(12)14)6-16-13(18)11-5-9(17)7-15-11/h2-4,9,11,15,17H,5-7H2,1H3,(H,16,18). The predicted molar refractivity (Wildman–Crippen MR) is 75.0 cm³/mol. The first kappa shape index (κ1) is 14.3. The van der Waals surface area contributed by atoms with Crippen LogP contribution in [0.4, 0.5) is 0 Å². The van der Waals surface area contributed by atoms with Crippen LogP contribution in [0, 0.1) is 0 Å². The number of methoxy groups -OCH3 is 1. The van der Waals surface area contributed by atoms with Crippen LogP contribution in [0.3, 0.4) is 0 Å². The van der Waals surface area contributed by atoms with Gasteiger partial charge in [-0.3, -0.25) is 4.79 Å². The Morgan fingerprint density at radius 3 is 3.00 bits per heavy atom. The lowest BCUT2D eigenvalue weighted by atomic mass is 10.1. The number of rotatable bonds is 4. The summed E-state index contributed by atoms with van der Waals surface area (Å²) in [5.74, 6) is 0.680. The fourth-order valence-electron chi connectivity index (χ4n) is 2.05. The topological polar surface area (TPSA) is 70.6 Å². The molecule has 19 heavy (non-hydrogen) atoms. The van der Waals surface area contributed by atoms with Crippen LogP contribution in [0.2, 0.25) is 0 Å². The van der Waals surface area contributed by atoms with Crippen molar-refractivity contribution in [1.29, 1.82) is 0 Å². The molecule has 0 spiro atoms. The third-order valence-corrected chi connectivity index (χ3v) is 3.73. The van der Waals surface area contributed by atoms with E-state index < -0.39 is 6.10 Å². The molecule has 1 aromatic carbocycles. The maximum absolute atomic E-state index is 11.9. The zero-order valence-electron chi connectivity index (χ0n) is 10.6. The molecule has 2 atom stereocenters. The summed E-state index contributed by atoms with van der Waals surface area (Å²) < 4.78 is 6.00. The largest absolute Gasteiger partial charge is 0.496 e. The second-order valence-electron chi connectivity index (χ2n) is 4.54. The molecular formula is C13H17BrN2O3. The highest BCUT2D eigenvalue weighted by molar-refractivity contribution is 9.10. The summed E-state index contributed by atoms with van der Waals surface area (Å²) in [6.45, 7) is 0.932. The number of hydrogen-bond donors (Lipinski definition) is 3. The van der Waals surface area contributed by atoms with Gasteiger partial charge >= 0.3 is 0 Å². The zero-order chi connectivity index (χ0) is 13.8. The van der Waals surface area contributed by atoms with Crippen LogP contribution in [0.5, 0.6) is 5.75 Å². The number of carbonyl (C=O) groups excluding carboxylic acids is 1. The smallest absolute Gasteiger partial charge is 0.237 e. The molecule has 1 fully saturated rings. The quantitative estimate of drug-likeness (QED) is 0.764. The van der Waals surface area contributed by atoms with Gasteiger partial charge in [0, 0.05) is 13.1 Å². The van der Waals surface area contributed by atoms with Gasteiger partial charge in [0.1, 0.15) is 5.75 Å². The minimum Gasteiger partial charge on any atom is -0.496 e. The van der Waals surface area contributed by atoms with Gasteiger partial charge in [-0.2, -0.15) is 0 Å². The molecule has 2 rings (SSSR count). The van der Waals surface area contributed by atoms with E-state index in [0.717, 1.165) is 15.8 Å². The van der Waals surface area contributed by atoms with Crippen LogP contribution in [0.15, 0.2) is 22.7 Å². The van der Waals surface area contributed by atoms with Gasteiger partial charge in [-0.05, 0) is 40.0 Å². The van der Waals surface area contributed by atoms with Gasteiger partial charge in [0.2, 0.25) is 5.91 Å². The van der Waals surface area contributed by atoms with Crippen molar-refractivity contribution < 1.29 is 14.6 Å². The number of amides is 1. The summed E-state index contributed by atoms with van der Waals surface area (Å²) in [5, 5.41) is 15.2. The van der Waals surface area contributed by atoms with Gasteiger partial charge in [0.15, 0.2) is 0 Å². The average Bonchev–Trinajstić information content (AvgIpc) is 2.83. The van der Waals surface area contributed by atoms with Crippen LogP contribution in [0.1, 0.15) is 12.0 Å². The molecule has 6 heteroatoms. The van der Waals surface area contributed by atoms with E-state index in [0.29, 0.717) is 19.5 Å². The van der Waals surface area contributed by atoms with E-state index in [-0.39, 0.29) is 11.9 Å². The first-order valence-electron chi connectivity index (χ1n) is 6.11. The van der Waals surface area contributed by atoms with Gasteiger partial charge in [0.05, 0.1) is 23.7 Å². The van der Waals surface area contributed by atoms with E-state index >= 15 is 0 Å². The second-order valence-corrected chi connectivity index (χ2v) is 5.39. The monoisotopic (exact) mass is 328 g/mol. The summed E-state index contributed by atoms with van der Waals surface area (Å²) in [4.78, 5) is 11.9. The fourth-order valence-corrected chi connectivity index (χ4v) is 2.64. The highest BCUT2D eigenvalue weighted by atomic mass is 79.9. The Morgan fingerprint density at radius 1 is 1.63 bits per heavy atom. The molecule has 5 nitrogen and oxygen atoms in total. The lowest BCUT2D eigenvalue weighted by Gasteiger charge is -2.12. The molecule has 0 radical (unpaired) electrons. The van der Waals surface area contributed by atoms with Gasteiger partial charge in [-0.15, -0.1) is 0 Å². The normalized spacial score (nSPS) is 22.3. The Labute approximate surface area is 120 Å². The van der Waals surface area contributed by atoms with E-state index in [1.54, 1.807) is 7.11 Å². The molecule has 1 saturated heterocycles. The maximum atomic E-state index is 11.9. The number of aliphatic hydroxyl groups is 1. The summed E-state index contributed by atoms with van der Waals surface area (Å²) in [5.41, 5.74) is 0.986. The third-order valence-electron chi connectivity index (χ3n) is 3.11. The number of nitrogens with one attached hydrogen (secondary N) is 2. The summed E-state index contributed by atoms with van der Waals surface area (Å²) in [6, 6.07) is 5.37. The molecule has 0 saturated carbocycles. The second kappa shape index (κ2) is 6.36. The predicted octanol–water partition coefficient (Wildman–Crippen LogP) is 0.797. The molecule has 0 aromatic heterocycles. The maximum Gasteiger partial charge on any atom is 0.237 e. The first-order chi connectivity index (χ1) is 9.10. The molecule has 3 N–H and O–H groups in total. The van der Waals surface area contributed by atoms with Crippen LogP contribution in [-0.2, 0) is 11.3 Å². The SMILES string of the molecule is COc1ccc(CNC(=O)C2CC(O)CN2)cc1Br. The molecule has 0 bridgehead atoms. The Morgan fingerprint density at radius 2 is 2.42 bits per heavy atom. The van der Waals surface area contributed by atoms with Crippen LogP contribution in [0.25, 0.3) is 0 Å². The molecule has 1 aliphatic heterocycles. The first-order valence-corrected chi connectivity index (χ1v) is 6.91. The molecule has 1 aromatic rings. The van der Waals surface area contributed by atoms with Crippen LogP contribution >= 0.6 is 15.9 Å². The van der Waals surface area contributed by atoms with Crippen molar-refractivity contribution >= 4 is 21.8 Å². The molecule has 104 valence electrons. The van der Waals surface area contributed by atoms with E-state index in [1.165, 1.54) is 0 Å². The van der Waals surface area contributed by atoms with Crippen LogP contribution in [-0.4, -0.2) is 36.8 Å². The number of benzene rings is 1. The molecule has 1 aliphatic rings. The fraction of sp³-hybridized carbons (Fsp3) is 0.462. The Kier molecular flexibility index (Phi) is 4.79.